The van der Waals surface area contributed by atoms with Gasteiger partial charge in [0.25, 0.3) is 0 Å². The first-order valence-electron chi connectivity index (χ1n) is 8.37. The average molecular weight is 373 g/mol. The lowest BCUT2D eigenvalue weighted by atomic mass is 10.3. The largest absolute Gasteiger partial charge is 0.465 e. The molecule has 2 N–H and O–H groups in total. The summed E-state index contributed by atoms with van der Waals surface area (Å²) in [5.41, 5.74) is 1.78. The molecule has 0 spiro atoms. The smallest absolute Gasteiger partial charge is 0.302 e. The molecule has 7 heteroatoms. The molecule has 138 valence electrons. The highest BCUT2D eigenvalue weighted by Gasteiger charge is 2.00. The monoisotopic (exact) mass is 373 g/mol. The van der Waals surface area contributed by atoms with E-state index in [4.69, 9.17) is 4.74 Å². The van der Waals surface area contributed by atoms with Crippen molar-refractivity contribution in [3.63, 3.8) is 0 Å². The highest BCUT2D eigenvalue weighted by molar-refractivity contribution is 7.12. The van der Waals surface area contributed by atoms with Gasteiger partial charge >= 0.3 is 5.97 Å². The number of carbonyl (C=O) groups excluding carboxylic acids is 2. The molecule has 2 aromatic rings. The Morgan fingerprint density at radius 2 is 2.00 bits per heavy atom. The van der Waals surface area contributed by atoms with Gasteiger partial charge in [-0.05, 0) is 36.4 Å². The van der Waals surface area contributed by atoms with Crippen molar-refractivity contribution in [1.29, 1.82) is 0 Å². The van der Waals surface area contributed by atoms with E-state index in [0.29, 0.717) is 19.7 Å². The Labute approximate surface area is 157 Å². The Morgan fingerprint density at radius 1 is 1.15 bits per heavy atom. The standard InChI is InChI=1S/C19H23N3O3S/c1-14(23)20-10-11-21-17-4-3-16(22-13-17)5-6-18-7-8-19(26-18)9-12-25-15(2)24/h3-8,13,21H,9-12H2,1-2H3,(H,20,23)/b6-5+. The van der Waals surface area contributed by atoms with E-state index in [1.54, 1.807) is 17.5 Å². The predicted octanol–water partition coefficient (Wildman–Crippen LogP) is 2.97. The minimum Gasteiger partial charge on any atom is -0.465 e. The molecule has 0 aliphatic carbocycles. The zero-order chi connectivity index (χ0) is 18.8. The highest BCUT2D eigenvalue weighted by atomic mass is 32.1. The van der Waals surface area contributed by atoms with Gasteiger partial charge in [0.05, 0.1) is 24.2 Å². The summed E-state index contributed by atoms with van der Waals surface area (Å²) in [5.74, 6) is -0.283. The lowest BCUT2D eigenvalue weighted by molar-refractivity contribution is -0.140. The van der Waals surface area contributed by atoms with Crippen LogP contribution in [0.3, 0.4) is 0 Å². The molecule has 0 radical (unpaired) electrons. The van der Waals surface area contributed by atoms with Crippen LogP contribution in [0, 0.1) is 0 Å². The molecule has 0 unspecified atom stereocenters. The van der Waals surface area contributed by atoms with Crippen LogP contribution in [0.1, 0.15) is 29.3 Å². The van der Waals surface area contributed by atoms with Gasteiger partial charge in [-0.15, -0.1) is 11.3 Å². The normalized spacial score (nSPS) is 10.7. The average Bonchev–Trinajstić information content (AvgIpc) is 3.05. The quantitative estimate of drug-likeness (QED) is 0.522. The van der Waals surface area contributed by atoms with Crippen LogP contribution in [-0.4, -0.2) is 36.6 Å². The minimum absolute atomic E-state index is 0.0338. The van der Waals surface area contributed by atoms with Gasteiger partial charge in [0.2, 0.25) is 5.91 Å². The molecule has 2 aromatic heterocycles. The third-order valence-corrected chi connectivity index (χ3v) is 4.48. The molecule has 0 saturated carbocycles. The summed E-state index contributed by atoms with van der Waals surface area (Å²) >= 11 is 1.67. The third kappa shape index (κ3) is 7.48. The van der Waals surface area contributed by atoms with Crippen LogP contribution in [0.4, 0.5) is 5.69 Å². The van der Waals surface area contributed by atoms with Gasteiger partial charge in [-0.25, -0.2) is 0 Å². The van der Waals surface area contributed by atoms with Crippen molar-refractivity contribution in [2.24, 2.45) is 0 Å². The van der Waals surface area contributed by atoms with Crippen LogP contribution < -0.4 is 10.6 Å². The number of rotatable bonds is 9. The van der Waals surface area contributed by atoms with E-state index < -0.39 is 0 Å². The van der Waals surface area contributed by atoms with Gasteiger partial charge < -0.3 is 15.4 Å². The number of nitrogens with zero attached hydrogens (tertiary/aromatic N) is 1. The van der Waals surface area contributed by atoms with E-state index in [0.717, 1.165) is 22.7 Å². The van der Waals surface area contributed by atoms with Crippen LogP contribution in [-0.2, 0) is 20.7 Å². The minimum atomic E-state index is -0.249. The number of ether oxygens (including phenoxy) is 1. The van der Waals surface area contributed by atoms with E-state index in [1.165, 1.54) is 18.7 Å². The van der Waals surface area contributed by atoms with Gasteiger partial charge in [0.15, 0.2) is 0 Å². The lowest BCUT2D eigenvalue weighted by Gasteiger charge is -2.06. The molecule has 2 rings (SSSR count). The maximum Gasteiger partial charge on any atom is 0.302 e. The topological polar surface area (TPSA) is 80.3 Å². The molecule has 2 heterocycles. The second kappa shape index (κ2) is 10.4. The molecule has 0 aromatic carbocycles. The number of hydrogen-bond acceptors (Lipinski definition) is 6. The molecule has 26 heavy (non-hydrogen) atoms. The van der Waals surface area contributed by atoms with Crippen LogP contribution in [0.2, 0.25) is 0 Å². The van der Waals surface area contributed by atoms with E-state index >= 15 is 0 Å². The molecule has 0 aliphatic rings. The molecule has 1 amide bonds. The Morgan fingerprint density at radius 3 is 2.69 bits per heavy atom. The van der Waals surface area contributed by atoms with Crippen LogP contribution >= 0.6 is 11.3 Å². The molecular formula is C19H23N3O3S. The second-order valence-corrected chi connectivity index (χ2v) is 6.81. The van der Waals surface area contributed by atoms with E-state index in [9.17, 15) is 9.59 Å². The summed E-state index contributed by atoms with van der Waals surface area (Å²) in [6.07, 6.45) is 6.48. The fourth-order valence-electron chi connectivity index (χ4n) is 2.14. The van der Waals surface area contributed by atoms with E-state index in [-0.39, 0.29) is 11.9 Å². The molecule has 0 fully saturated rings. The maximum absolute atomic E-state index is 10.8. The van der Waals surface area contributed by atoms with Gasteiger partial charge in [0, 0.05) is 43.1 Å². The van der Waals surface area contributed by atoms with E-state index in [1.807, 2.05) is 36.4 Å². The maximum atomic E-state index is 10.8. The van der Waals surface area contributed by atoms with E-state index in [2.05, 4.69) is 15.6 Å². The molecule has 0 saturated heterocycles. The fraction of sp³-hybridized carbons (Fsp3) is 0.316. The number of hydrogen-bond donors (Lipinski definition) is 2. The fourth-order valence-corrected chi connectivity index (χ4v) is 3.03. The summed E-state index contributed by atoms with van der Waals surface area (Å²) in [7, 11) is 0. The molecule has 0 aliphatic heterocycles. The lowest BCUT2D eigenvalue weighted by Crippen LogP contribution is -2.26. The van der Waals surface area contributed by atoms with Crippen molar-refractivity contribution < 1.29 is 14.3 Å². The van der Waals surface area contributed by atoms with Crippen molar-refractivity contribution in [2.45, 2.75) is 20.3 Å². The van der Waals surface area contributed by atoms with Gasteiger partial charge in [-0.3, -0.25) is 14.6 Å². The third-order valence-electron chi connectivity index (χ3n) is 3.37. The Balaban J connectivity index is 1.80. The number of thiophene rings is 1. The Kier molecular flexibility index (Phi) is 7.82. The van der Waals surface area contributed by atoms with Gasteiger partial charge in [-0.1, -0.05) is 0 Å². The summed E-state index contributed by atoms with van der Waals surface area (Å²) in [4.78, 5) is 28.3. The van der Waals surface area contributed by atoms with Gasteiger partial charge in [-0.2, -0.15) is 0 Å². The zero-order valence-electron chi connectivity index (χ0n) is 15.0. The summed E-state index contributed by atoms with van der Waals surface area (Å²) in [5, 5.41) is 5.93. The Hall–Kier alpha value is -2.67. The highest BCUT2D eigenvalue weighted by Crippen LogP contribution is 2.19. The number of aromatic nitrogens is 1. The molecular weight excluding hydrogens is 350 g/mol. The van der Waals surface area contributed by atoms with Crippen molar-refractivity contribution in [1.82, 2.24) is 10.3 Å². The second-order valence-electron chi connectivity index (χ2n) is 5.61. The van der Waals surface area contributed by atoms with Crippen LogP contribution in [0.15, 0.2) is 30.5 Å². The van der Waals surface area contributed by atoms with Crippen molar-refractivity contribution in [3.05, 3.63) is 45.9 Å². The number of pyridine rings is 1. The van der Waals surface area contributed by atoms with Crippen molar-refractivity contribution >= 4 is 41.1 Å². The van der Waals surface area contributed by atoms with Gasteiger partial charge in [0.1, 0.15) is 0 Å². The summed E-state index contributed by atoms with van der Waals surface area (Å²) < 4.78 is 4.96. The number of carbonyl (C=O) groups is 2. The first kappa shape index (κ1) is 19.7. The number of esters is 1. The first-order valence-corrected chi connectivity index (χ1v) is 9.19. The van der Waals surface area contributed by atoms with Crippen molar-refractivity contribution in [2.75, 3.05) is 25.0 Å². The van der Waals surface area contributed by atoms with Crippen molar-refractivity contribution in [3.8, 4) is 0 Å². The van der Waals surface area contributed by atoms with Crippen LogP contribution in [0.5, 0.6) is 0 Å². The molecule has 0 atom stereocenters. The predicted molar refractivity (Wildman–Crippen MR) is 105 cm³/mol. The number of anilines is 1. The number of nitrogens with one attached hydrogen (secondary N) is 2. The first-order chi connectivity index (χ1) is 12.5. The number of amides is 1. The zero-order valence-corrected chi connectivity index (χ0v) is 15.8. The van der Waals surface area contributed by atoms with Crippen LogP contribution in [0.25, 0.3) is 12.2 Å². The SMILES string of the molecule is CC(=O)NCCNc1ccc(/C=C/c2ccc(CCOC(C)=O)s2)nc1. The Bertz CT molecular complexity index is 754. The molecule has 6 nitrogen and oxygen atoms in total. The summed E-state index contributed by atoms with van der Waals surface area (Å²) in [6, 6.07) is 7.98. The molecule has 0 bridgehead atoms. The summed E-state index contributed by atoms with van der Waals surface area (Å²) in [6.45, 7) is 4.56.